The molecule has 1 heterocycles. The number of carbonyl (C=O) groups excluding carboxylic acids is 1. The van der Waals surface area contributed by atoms with Crippen LogP contribution >= 0.6 is 0 Å². The smallest absolute Gasteiger partial charge is 0.306 e. The molecule has 1 aliphatic rings. The second kappa shape index (κ2) is 5.42. The van der Waals surface area contributed by atoms with Crippen molar-refractivity contribution in [2.24, 2.45) is 11.8 Å². The Bertz CT molecular complexity index is 475. The van der Waals surface area contributed by atoms with Gasteiger partial charge < -0.3 is 14.8 Å². The fourth-order valence-corrected chi connectivity index (χ4v) is 2.37. The second-order valence-electron chi connectivity index (χ2n) is 5.01. The van der Waals surface area contributed by atoms with Crippen molar-refractivity contribution in [1.29, 1.82) is 0 Å². The van der Waals surface area contributed by atoms with Crippen LogP contribution in [0.15, 0.2) is 4.42 Å². The molecular formula is C13H18N2O4. The molecular weight excluding hydrogens is 248 g/mol. The van der Waals surface area contributed by atoms with Crippen LogP contribution in [0.4, 0.5) is 0 Å². The maximum absolute atomic E-state index is 11.9. The van der Waals surface area contributed by atoms with E-state index in [2.05, 4.69) is 10.3 Å². The molecule has 2 N–H and O–H groups in total. The van der Waals surface area contributed by atoms with E-state index >= 15 is 0 Å². The third-order valence-corrected chi connectivity index (χ3v) is 3.64. The Kier molecular flexibility index (Phi) is 3.87. The first kappa shape index (κ1) is 13.6. The van der Waals surface area contributed by atoms with Gasteiger partial charge >= 0.3 is 5.97 Å². The van der Waals surface area contributed by atoms with Gasteiger partial charge in [-0.1, -0.05) is 0 Å². The molecule has 104 valence electrons. The Morgan fingerprint density at radius 1 is 1.37 bits per heavy atom. The van der Waals surface area contributed by atoms with Crippen LogP contribution in [0.1, 0.15) is 36.6 Å². The molecule has 0 saturated heterocycles. The fraction of sp³-hybridized carbons (Fsp3) is 0.615. The predicted molar refractivity (Wildman–Crippen MR) is 66.3 cm³/mol. The SMILES string of the molecule is Cc1nc(CNC(=O)C2CCC(C(=O)O)C2)oc1C. The van der Waals surface area contributed by atoms with E-state index in [1.165, 1.54) is 0 Å². The van der Waals surface area contributed by atoms with Crippen LogP contribution < -0.4 is 5.32 Å². The van der Waals surface area contributed by atoms with Crippen molar-refractivity contribution in [1.82, 2.24) is 10.3 Å². The summed E-state index contributed by atoms with van der Waals surface area (Å²) >= 11 is 0. The monoisotopic (exact) mass is 266 g/mol. The second-order valence-corrected chi connectivity index (χ2v) is 5.01. The van der Waals surface area contributed by atoms with E-state index in [0.29, 0.717) is 25.2 Å². The number of hydrogen-bond donors (Lipinski definition) is 2. The lowest BCUT2D eigenvalue weighted by Gasteiger charge is -2.09. The van der Waals surface area contributed by atoms with E-state index in [1.54, 1.807) is 0 Å². The highest BCUT2D eigenvalue weighted by molar-refractivity contribution is 5.80. The van der Waals surface area contributed by atoms with Gasteiger partial charge in [-0.2, -0.15) is 0 Å². The maximum Gasteiger partial charge on any atom is 0.306 e. The van der Waals surface area contributed by atoms with Crippen molar-refractivity contribution < 1.29 is 19.1 Å². The zero-order valence-electron chi connectivity index (χ0n) is 11.1. The molecule has 1 aromatic heterocycles. The average molecular weight is 266 g/mol. The van der Waals surface area contributed by atoms with Gasteiger partial charge in [0.05, 0.1) is 18.2 Å². The number of aliphatic carboxylic acids is 1. The van der Waals surface area contributed by atoms with E-state index in [4.69, 9.17) is 9.52 Å². The Hall–Kier alpha value is -1.85. The van der Waals surface area contributed by atoms with E-state index in [0.717, 1.165) is 11.5 Å². The van der Waals surface area contributed by atoms with Gasteiger partial charge in [-0.15, -0.1) is 0 Å². The Labute approximate surface area is 111 Å². The Balaban J connectivity index is 1.83. The topological polar surface area (TPSA) is 92.4 Å². The van der Waals surface area contributed by atoms with Gasteiger partial charge in [0.1, 0.15) is 5.76 Å². The first-order valence-electron chi connectivity index (χ1n) is 6.40. The molecule has 1 aromatic rings. The minimum atomic E-state index is -0.811. The van der Waals surface area contributed by atoms with Gasteiger partial charge in [-0.05, 0) is 33.1 Å². The molecule has 0 spiro atoms. The first-order chi connectivity index (χ1) is 8.97. The molecule has 1 fully saturated rings. The van der Waals surface area contributed by atoms with Crippen molar-refractivity contribution in [3.63, 3.8) is 0 Å². The van der Waals surface area contributed by atoms with Crippen LogP contribution in [0.2, 0.25) is 0 Å². The largest absolute Gasteiger partial charge is 0.481 e. The average Bonchev–Trinajstić information content (AvgIpc) is 2.95. The number of carboxylic acid groups (broad SMARTS) is 1. The van der Waals surface area contributed by atoms with Gasteiger partial charge in [0.2, 0.25) is 11.8 Å². The van der Waals surface area contributed by atoms with Crippen LogP contribution in [0.5, 0.6) is 0 Å². The van der Waals surface area contributed by atoms with Crippen LogP contribution in [-0.4, -0.2) is 22.0 Å². The lowest BCUT2D eigenvalue weighted by atomic mass is 10.0. The molecule has 2 rings (SSSR count). The maximum atomic E-state index is 11.9. The van der Waals surface area contributed by atoms with Crippen LogP contribution in [0.25, 0.3) is 0 Å². The molecule has 19 heavy (non-hydrogen) atoms. The third kappa shape index (κ3) is 3.13. The molecule has 0 aromatic carbocycles. The lowest BCUT2D eigenvalue weighted by Crippen LogP contribution is -2.29. The molecule has 1 amide bonds. The third-order valence-electron chi connectivity index (χ3n) is 3.64. The molecule has 0 radical (unpaired) electrons. The zero-order valence-corrected chi connectivity index (χ0v) is 11.1. The van der Waals surface area contributed by atoms with Crippen LogP contribution in [0.3, 0.4) is 0 Å². The summed E-state index contributed by atoms with van der Waals surface area (Å²) in [6, 6.07) is 0. The molecule has 0 bridgehead atoms. The highest BCUT2D eigenvalue weighted by Crippen LogP contribution is 2.31. The van der Waals surface area contributed by atoms with Crippen LogP contribution in [0, 0.1) is 25.7 Å². The van der Waals surface area contributed by atoms with E-state index in [-0.39, 0.29) is 24.3 Å². The summed E-state index contributed by atoms with van der Waals surface area (Å²) in [7, 11) is 0. The van der Waals surface area contributed by atoms with Gasteiger partial charge in [0.15, 0.2) is 0 Å². The number of amides is 1. The van der Waals surface area contributed by atoms with Gasteiger partial charge in [0, 0.05) is 5.92 Å². The summed E-state index contributed by atoms with van der Waals surface area (Å²) in [6.45, 7) is 3.92. The number of hydrogen-bond acceptors (Lipinski definition) is 4. The Morgan fingerprint density at radius 2 is 2.05 bits per heavy atom. The number of nitrogens with zero attached hydrogens (tertiary/aromatic N) is 1. The standard InChI is InChI=1S/C13H18N2O4/c1-7-8(2)19-11(15-7)6-14-12(16)9-3-4-10(5-9)13(17)18/h9-10H,3-6H2,1-2H3,(H,14,16)(H,17,18). The Morgan fingerprint density at radius 3 is 2.58 bits per heavy atom. The molecule has 6 nitrogen and oxygen atoms in total. The predicted octanol–water partition coefficient (Wildman–Crippen LogP) is 1.41. The zero-order chi connectivity index (χ0) is 14.0. The number of oxazole rings is 1. The summed E-state index contributed by atoms with van der Waals surface area (Å²) < 4.78 is 5.37. The minimum Gasteiger partial charge on any atom is -0.481 e. The number of carboxylic acids is 1. The summed E-state index contributed by atoms with van der Waals surface area (Å²) in [5.74, 6) is -0.293. The lowest BCUT2D eigenvalue weighted by molar-refractivity contribution is -0.141. The number of carbonyl (C=O) groups is 2. The van der Waals surface area contributed by atoms with E-state index in [1.807, 2.05) is 13.8 Å². The number of rotatable bonds is 4. The molecule has 0 aliphatic heterocycles. The summed E-state index contributed by atoms with van der Waals surface area (Å²) in [5.41, 5.74) is 0.816. The normalized spacial score (nSPS) is 22.4. The number of nitrogens with one attached hydrogen (secondary N) is 1. The van der Waals surface area contributed by atoms with Gasteiger partial charge in [0.25, 0.3) is 0 Å². The molecule has 1 saturated carbocycles. The summed E-state index contributed by atoms with van der Waals surface area (Å²) in [5, 5.41) is 11.7. The first-order valence-corrected chi connectivity index (χ1v) is 6.40. The fourth-order valence-electron chi connectivity index (χ4n) is 2.37. The van der Waals surface area contributed by atoms with E-state index < -0.39 is 5.97 Å². The number of aryl methyl sites for hydroxylation is 2. The highest BCUT2D eigenvalue weighted by atomic mass is 16.4. The highest BCUT2D eigenvalue weighted by Gasteiger charge is 2.33. The van der Waals surface area contributed by atoms with Crippen molar-refractivity contribution in [3.8, 4) is 0 Å². The van der Waals surface area contributed by atoms with Crippen molar-refractivity contribution in [2.75, 3.05) is 0 Å². The molecule has 6 heteroatoms. The quantitative estimate of drug-likeness (QED) is 0.859. The minimum absolute atomic E-state index is 0.114. The van der Waals surface area contributed by atoms with Gasteiger partial charge in [-0.25, -0.2) is 4.98 Å². The summed E-state index contributed by atoms with van der Waals surface area (Å²) in [6.07, 6.45) is 1.63. The van der Waals surface area contributed by atoms with Crippen molar-refractivity contribution in [2.45, 2.75) is 39.7 Å². The molecule has 1 aliphatic carbocycles. The van der Waals surface area contributed by atoms with Crippen molar-refractivity contribution >= 4 is 11.9 Å². The van der Waals surface area contributed by atoms with Crippen molar-refractivity contribution in [3.05, 3.63) is 17.3 Å². The van der Waals surface area contributed by atoms with Gasteiger partial charge in [-0.3, -0.25) is 9.59 Å². The van der Waals surface area contributed by atoms with Crippen LogP contribution in [-0.2, 0) is 16.1 Å². The van der Waals surface area contributed by atoms with E-state index in [9.17, 15) is 9.59 Å². The molecule has 2 atom stereocenters. The summed E-state index contributed by atoms with van der Waals surface area (Å²) in [4.78, 5) is 26.9. The number of aromatic nitrogens is 1. The molecule has 2 unspecified atom stereocenters.